The minimum atomic E-state index is -0.415. The van der Waals surface area contributed by atoms with Gasteiger partial charge in [0.1, 0.15) is 5.69 Å². The van der Waals surface area contributed by atoms with Gasteiger partial charge < -0.3 is 15.4 Å². The molecule has 1 amide bonds. The van der Waals surface area contributed by atoms with E-state index >= 15 is 0 Å². The summed E-state index contributed by atoms with van der Waals surface area (Å²) in [6, 6.07) is 3.57. The third-order valence-corrected chi connectivity index (χ3v) is 2.33. The molecule has 0 aliphatic heterocycles. The van der Waals surface area contributed by atoms with Gasteiger partial charge in [0.2, 0.25) is 0 Å². The van der Waals surface area contributed by atoms with Crippen LogP contribution in [0, 0.1) is 0 Å². The van der Waals surface area contributed by atoms with E-state index < -0.39 is 5.54 Å². The molecule has 0 radical (unpaired) electrons. The quantitative estimate of drug-likeness (QED) is 0.807. The van der Waals surface area contributed by atoms with Crippen molar-refractivity contribution in [3.8, 4) is 0 Å². The first kappa shape index (κ1) is 14.4. The molecule has 0 saturated carbocycles. The average molecular weight is 251 g/mol. The van der Waals surface area contributed by atoms with Gasteiger partial charge >= 0.3 is 0 Å². The lowest BCUT2D eigenvalue weighted by atomic mass is 10.1. The number of ether oxygens (including phenoxy) is 1. The van der Waals surface area contributed by atoms with Crippen LogP contribution in [0.1, 0.15) is 31.3 Å². The van der Waals surface area contributed by atoms with Gasteiger partial charge in [-0.3, -0.25) is 9.78 Å². The molecule has 100 valence electrons. The van der Waals surface area contributed by atoms with Gasteiger partial charge in [-0.2, -0.15) is 0 Å². The predicted molar refractivity (Wildman–Crippen MR) is 71.8 cm³/mol. The van der Waals surface area contributed by atoms with Crippen LogP contribution in [-0.4, -0.2) is 36.7 Å². The van der Waals surface area contributed by atoms with E-state index in [0.717, 1.165) is 12.2 Å². The Balaban J connectivity index is 2.75. The van der Waals surface area contributed by atoms with E-state index in [4.69, 9.17) is 4.74 Å². The Kier molecular flexibility index (Phi) is 5.09. The first-order valence-corrected chi connectivity index (χ1v) is 6.00. The second-order valence-corrected chi connectivity index (χ2v) is 4.73. The predicted octanol–water partition coefficient (Wildman–Crippen LogP) is 1.67. The molecule has 0 aromatic carbocycles. The number of hydrogen-bond acceptors (Lipinski definition) is 4. The van der Waals surface area contributed by atoms with E-state index in [1.807, 2.05) is 26.8 Å². The number of amides is 1. The summed E-state index contributed by atoms with van der Waals surface area (Å²) in [4.78, 5) is 16.1. The molecule has 5 heteroatoms. The Morgan fingerprint density at radius 1 is 1.50 bits per heavy atom. The Morgan fingerprint density at radius 2 is 2.22 bits per heavy atom. The lowest BCUT2D eigenvalue weighted by molar-refractivity contribution is 0.0815. The van der Waals surface area contributed by atoms with Gasteiger partial charge in [0.15, 0.2) is 0 Å². The van der Waals surface area contributed by atoms with Crippen molar-refractivity contribution in [3.05, 3.63) is 24.0 Å². The van der Waals surface area contributed by atoms with Crippen molar-refractivity contribution >= 4 is 11.6 Å². The molecule has 1 heterocycles. The first-order valence-electron chi connectivity index (χ1n) is 6.00. The van der Waals surface area contributed by atoms with Crippen LogP contribution < -0.4 is 10.6 Å². The van der Waals surface area contributed by atoms with Gasteiger partial charge in [-0.05, 0) is 32.9 Å². The zero-order valence-corrected chi connectivity index (χ0v) is 11.4. The summed E-state index contributed by atoms with van der Waals surface area (Å²) >= 11 is 0. The van der Waals surface area contributed by atoms with Gasteiger partial charge in [-0.25, -0.2) is 0 Å². The second kappa shape index (κ2) is 6.35. The van der Waals surface area contributed by atoms with Crippen LogP contribution in [0.25, 0.3) is 0 Å². The number of carbonyl (C=O) groups is 1. The maximum absolute atomic E-state index is 12.0. The highest BCUT2D eigenvalue weighted by Gasteiger charge is 2.21. The Bertz CT molecular complexity index is 405. The molecule has 0 unspecified atom stereocenters. The van der Waals surface area contributed by atoms with Crippen molar-refractivity contribution in [1.82, 2.24) is 10.3 Å². The summed E-state index contributed by atoms with van der Waals surface area (Å²) in [5.41, 5.74) is 0.877. The minimum absolute atomic E-state index is 0.197. The maximum Gasteiger partial charge on any atom is 0.270 e. The van der Waals surface area contributed by atoms with E-state index in [9.17, 15) is 4.79 Å². The van der Waals surface area contributed by atoms with Crippen molar-refractivity contribution < 1.29 is 9.53 Å². The van der Waals surface area contributed by atoms with Crippen LogP contribution in [0.4, 0.5) is 5.69 Å². The van der Waals surface area contributed by atoms with E-state index in [-0.39, 0.29) is 5.91 Å². The van der Waals surface area contributed by atoms with Crippen molar-refractivity contribution in [2.75, 3.05) is 25.6 Å². The van der Waals surface area contributed by atoms with Gasteiger partial charge in [0.25, 0.3) is 5.91 Å². The smallest absolute Gasteiger partial charge is 0.270 e. The zero-order valence-electron chi connectivity index (χ0n) is 11.4. The highest BCUT2D eigenvalue weighted by atomic mass is 16.5. The molecule has 0 bridgehead atoms. The molecule has 1 rings (SSSR count). The Hall–Kier alpha value is -1.62. The minimum Gasteiger partial charge on any atom is -0.385 e. The van der Waals surface area contributed by atoms with E-state index in [2.05, 4.69) is 15.6 Å². The van der Waals surface area contributed by atoms with Crippen LogP contribution >= 0.6 is 0 Å². The van der Waals surface area contributed by atoms with Crippen LogP contribution in [0.15, 0.2) is 18.3 Å². The molecule has 0 fully saturated rings. The summed E-state index contributed by atoms with van der Waals surface area (Å²) in [5, 5.41) is 6.03. The average Bonchev–Trinajstić information content (AvgIpc) is 2.29. The highest BCUT2D eigenvalue weighted by Crippen LogP contribution is 2.09. The standard InChI is InChI=1S/C13H21N3O2/c1-5-14-10-6-7-15-11(8-10)12(17)16-13(2,3)9-18-4/h6-8H,5,9H2,1-4H3,(H,14,15)(H,16,17). The SMILES string of the molecule is CCNc1ccnc(C(=O)NC(C)(C)COC)c1. The number of methoxy groups -OCH3 is 1. The summed E-state index contributed by atoms with van der Waals surface area (Å²) < 4.78 is 5.06. The number of pyridine rings is 1. The van der Waals surface area contributed by atoms with E-state index in [1.165, 1.54) is 0 Å². The number of aromatic nitrogens is 1. The van der Waals surface area contributed by atoms with Crippen LogP contribution in [0.5, 0.6) is 0 Å². The van der Waals surface area contributed by atoms with Gasteiger partial charge in [0, 0.05) is 25.5 Å². The summed E-state index contributed by atoms with van der Waals surface area (Å²) in [6.45, 7) is 7.07. The topological polar surface area (TPSA) is 63.2 Å². The molecule has 0 atom stereocenters. The molecular weight excluding hydrogens is 230 g/mol. The number of hydrogen-bond donors (Lipinski definition) is 2. The number of carbonyl (C=O) groups excluding carboxylic acids is 1. The fourth-order valence-corrected chi connectivity index (χ4v) is 1.64. The van der Waals surface area contributed by atoms with Crippen molar-refractivity contribution in [1.29, 1.82) is 0 Å². The first-order chi connectivity index (χ1) is 8.48. The lowest BCUT2D eigenvalue weighted by Gasteiger charge is -2.25. The molecule has 1 aromatic rings. The highest BCUT2D eigenvalue weighted by molar-refractivity contribution is 5.93. The molecule has 1 aromatic heterocycles. The van der Waals surface area contributed by atoms with Crippen LogP contribution in [-0.2, 0) is 4.74 Å². The van der Waals surface area contributed by atoms with Gasteiger partial charge in [-0.15, -0.1) is 0 Å². The number of rotatable bonds is 6. The van der Waals surface area contributed by atoms with Gasteiger partial charge in [0.05, 0.1) is 12.1 Å². The number of nitrogens with zero attached hydrogens (tertiary/aromatic N) is 1. The number of anilines is 1. The third-order valence-electron chi connectivity index (χ3n) is 2.33. The number of nitrogens with one attached hydrogen (secondary N) is 2. The Morgan fingerprint density at radius 3 is 2.83 bits per heavy atom. The van der Waals surface area contributed by atoms with Crippen LogP contribution in [0.2, 0.25) is 0 Å². The monoisotopic (exact) mass is 251 g/mol. The van der Waals surface area contributed by atoms with E-state index in [0.29, 0.717) is 12.3 Å². The largest absolute Gasteiger partial charge is 0.385 e. The van der Waals surface area contributed by atoms with E-state index in [1.54, 1.807) is 19.4 Å². The molecule has 5 nitrogen and oxygen atoms in total. The summed E-state index contributed by atoms with van der Waals surface area (Å²) in [6.07, 6.45) is 1.62. The van der Waals surface area contributed by atoms with Crippen molar-refractivity contribution in [2.24, 2.45) is 0 Å². The zero-order chi connectivity index (χ0) is 13.6. The lowest BCUT2D eigenvalue weighted by Crippen LogP contribution is -2.47. The maximum atomic E-state index is 12.0. The Labute approximate surface area is 108 Å². The summed E-state index contributed by atoms with van der Waals surface area (Å²) in [7, 11) is 1.61. The van der Waals surface area contributed by atoms with Gasteiger partial charge in [-0.1, -0.05) is 0 Å². The van der Waals surface area contributed by atoms with Crippen molar-refractivity contribution in [3.63, 3.8) is 0 Å². The fourth-order valence-electron chi connectivity index (χ4n) is 1.64. The normalized spacial score (nSPS) is 11.1. The molecule has 0 aliphatic rings. The van der Waals surface area contributed by atoms with Crippen LogP contribution in [0.3, 0.4) is 0 Å². The third kappa shape index (κ3) is 4.33. The summed E-state index contributed by atoms with van der Waals surface area (Å²) in [5.74, 6) is -0.197. The fraction of sp³-hybridized carbons (Fsp3) is 0.538. The molecule has 2 N–H and O–H groups in total. The molecule has 0 saturated heterocycles. The van der Waals surface area contributed by atoms with Crippen molar-refractivity contribution in [2.45, 2.75) is 26.3 Å². The molecule has 0 spiro atoms. The molecule has 0 aliphatic carbocycles. The molecule has 18 heavy (non-hydrogen) atoms. The molecular formula is C13H21N3O2. The second-order valence-electron chi connectivity index (χ2n) is 4.73.